The van der Waals surface area contributed by atoms with Crippen LogP contribution in [0.25, 0.3) is 0 Å². The molecular formula is C15H13BrClNO3. The number of hydrogen-bond donors (Lipinski definition) is 2. The monoisotopic (exact) mass is 369 g/mol. The number of aliphatic hydroxyl groups excluding tert-OH is 1. The maximum atomic E-state index is 10.2. The van der Waals surface area contributed by atoms with Crippen LogP contribution in [-0.4, -0.2) is 18.4 Å². The lowest BCUT2D eigenvalue weighted by Crippen LogP contribution is -2.12. The second-order valence-corrected chi connectivity index (χ2v) is 5.90. The summed E-state index contributed by atoms with van der Waals surface area (Å²) >= 11 is 9.37. The quantitative estimate of drug-likeness (QED) is 0.855. The van der Waals surface area contributed by atoms with Gasteiger partial charge in [-0.3, -0.25) is 0 Å². The molecule has 0 aromatic heterocycles. The lowest BCUT2D eigenvalue weighted by molar-refractivity contribution is 0.173. The van der Waals surface area contributed by atoms with Gasteiger partial charge in [-0.15, -0.1) is 0 Å². The molecule has 4 nitrogen and oxygen atoms in total. The SMILES string of the molecule is OC(CNc1ccc(Br)c(Cl)c1)c1ccc2c(c1)OCO2. The van der Waals surface area contributed by atoms with E-state index in [4.69, 9.17) is 21.1 Å². The molecule has 1 unspecified atom stereocenters. The molecule has 0 fully saturated rings. The summed E-state index contributed by atoms with van der Waals surface area (Å²) < 4.78 is 11.4. The minimum absolute atomic E-state index is 0.227. The molecule has 0 bridgehead atoms. The minimum Gasteiger partial charge on any atom is -0.454 e. The van der Waals surface area contributed by atoms with Gasteiger partial charge < -0.3 is 19.9 Å². The van der Waals surface area contributed by atoms with Crippen molar-refractivity contribution in [2.45, 2.75) is 6.10 Å². The Morgan fingerprint density at radius 1 is 1.19 bits per heavy atom. The topological polar surface area (TPSA) is 50.7 Å². The second kappa shape index (κ2) is 6.13. The van der Waals surface area contributed by atoms with Crippen molar-refractivity contribution in [3.63, 3.8) is 0 Å². The van der Waals surface area contributed by atoms with Crippen LogP contribution in [0.5, 0.6) is 11.5 Å². The number of fused-ring (bicyclic) bond motifs is 1. The number of halogens is 2. The molecule has 0 saturated heterocycles. The van der Waals surface area contributed by atoms with Crippen molar-refractivity contribution in [2.75, 3.05) is 18.7 Å². The lowest BCUT2D eigenvalue weighted by Gasteiger charge is -2.14. The average molecular weight is 371 g/mol. The van der Waals surface area contributed by atoms with Gasteiger partial charge in [-0.25, -0.2) is 0 Å². The molecule has 2 aromatic rings. The van der Waals surface area contributed by atoms with Crippen LogP contribution in [0.15, 0.2) is 40.9 Å². The van der Waals surface area contributed by atoms with Crippen molar-refractivity contribution in [2.24, 2.45) is 0 Å². The smallest absolute Gasteiger partial charge is 0.231 e. The van der Waals surface area contributed by atoms with E-state index in [1.165, 1.54) is 0 Å². The van der Waals surface area contributed by atoms with Crippen LogP contribution >= 0.6 is 27.5 Å². The molecule has 6 heteroatoms. The molecule has 3 rings (SSSR count). The van der Waals surface area contributed by atoms with E-state index in [0.717, 1.165) is 15.7 Å². The highest BCUT2D eigenvalue weighted by molar-refractivity contribution is 9.10. The van der Waals surface area contributed by atoms with Gasteiger partial charge >= 0.3 is 0 Å². The Hall–Kier alpha value is -1.43. The van der Waals surface area contributed by atoms with Crippen LogP contribution in [0.3, 0.4) is 0 Å². The number of benzene rings is 2. The molecule has 0 amide bonds. The highest BCUT2D eigenvalue weighted by atomic mass is 79.9. The van der Waals surface area contributed by atoms with Crippen LogP contribution in [0.1, 0.15) is 11.7 Å². The van der Waals surface area contributed by atoms with Crippen molar-refractivity contribution >= 4 is 33.2 Å². The second-order valence-electron chi connectivity index (χ2n) is 4.64. The van der Waals surface area contributed by atoms with Gasteiger partial charge in [0.15, 0.2) is 11.5 Å². The molecule has 2 aromatic carbocycles. The lowest BCUT2D eigenvalue weighted by atomic mass is 10.1. The van der Waals surface area contributed by atoms with Gasteiger partial charge in [-0.05, 0) is 51.8 Å². The fourth-order valence-corrected chi connectivity index (χ4v) is 2.49. The molecule has 0 radical (unpaired) electrons. The molecule has 1 aliphatic heterocycles. The van der Waals surface area contributed by atoms with E-state index in [9.17, 15) is 5.11 Å². The van der Waals surface area contributed by atoms with Gasteiger partial charge in [-0.2, -0.15) is 0 Å². The van der Waals surface area contributed by atoms with Gasteiger partial charge in [0, 0.05) is 16.7 Å². The van der Waals surface area contributed by atoms with E-state index in [1.807, 2.05) is 18.2 Å². The number of anilines is 1. The third-order valence-electron chi connectivity index (χ3n) is 3.20. The Kier molecular flexibility index (Phi) is 4.24. The number of nitrogens with one attached hydrogen (secondary N) is 1. The summed E-state index contributed by atoms with van der Waals surface area (Å²) in [6, 6.07) is 11.0. The number of ether oxygens (including phenoxy) is 2. The van der Waals surface area contributed by atoms with E-state index in [1.54, 1.807) is 18.2 Å². The average Bonchev–Trinajstić information content (AvgIpc) is 2.95. The number of aliphatic hydroxyl groups is 1. The predicted octanol–water partition coefficient (Wildman–Crippen LogP) is 3.98. The Morgan fingerprint density at radius 2 is 2.00 bits per heavy atom. The summed E-state index contributed by atoms with van der Waals surface area (Å²) in [6.45, 7) is 0.599. The fraction of sp³-hybridized carbons (Fsp3) is 0.200. The molecule has 0 spiro atoms. The predicted molar refractivity (Wildman–Crippen MR) is 85.2 cm³/mol. The molecule has 21 heavy (non-hydrogen) atoms. The maximum absolute atomic E-state index is 10.2. The summed E-state index contributed by atoms with van der Waals surface area (Å²) in [6.07, 6.45) is -0.651. The van der Waals surface area contributed by atoms with Gasteiger partial charge in [-0.1, -0.05) is 17.7 Å². The molecule has 2 N–H and O–H groups in total. The van der Waals surface area contributed by atoms with Crippen LogP contribution in [0.4, 0.5) is 5.69 Å². The first-order valence-electron chi connectivity index (χ1n) is 6.40. The highest BCUT2D eigenvalue weighted by Crippen LogP contribution is 2.34. The third kappa shape index (κ3) is 3.26. The zero-order valence-electron chi connectivity index (χ0n) is 11.0. The summed E-state index contributed by atoms with van der Waals surface area (Å²) in [7, 11) is 0. The van der Waals surface area contributed by atoms with E-state index in [-0.39, 0.29) is 6.79 Å². The Balaban J connectivity index is 1.66. The summed E-state index contributed by atoms with van der Waals surface area (Å²) in [5.41, 5.74) is 1.62. The van der Waals surface area contributed by atoms with Crippen molar-refractivity contribution in [1.29, 1.82) is 0 Å². The number of hydrogen-bond acceptors (Lipinski definition) is 4. The molecular weight excluding hydrogens is 358 g/mol. The first kappa shape index (κ1) is 14.5. The number of rotatable bonds is 4. The standard InChI is InChI=1S/C15H13BrClNO3/c16-11-3-2-10(6-12(11)17)18-7-13(19)9-1-4-14-15(5-9)21-8-20-14/h1-6,13,18-19H,7-8H2. The molecule has 110 valence electrons. The molecule has 0 aliphatic carbocycles. The van der Waals surface area contributed by atoms with Gasteiger partial charge in [0.25, 0.3) is 0 Å². The Bertz CT molecular complexity index is 665. The van der Waals surface area contributed by atoms with Crippen LogP contribution in [0, 0.1) is 0 Å². The molecule has 0 saturated carbocycles. The van der Waals surface area contributed by atoms with Crippen molar-refractivity contribution in [3.8, 4) is 11.5 Å². The normalized spacial score (nSPS) is 14.0. The van der Waals surface area contributed by atoms with E-state index < -0.39 is 6.10 Å². The largest absolute Gasteiger partial charge is 0.454 e. The van der Waals surface area contributed by atoms with E-state index >= 15 is 0 Å². The maximum Gasteiger partial charge on any atom is 0.231 e. The summed E-state index contributed by atoms with van der Waals surface area (Å²) in [4.78, 5) is 0. The van der Waals surface area contributed by atoms with Crippen LogP contribution in [-0.2, 0) is 0 Å². The van der Waals surface area contributed by atoms with Crippen molar-refractivity contribution in [3.05, 3.63) is 51.5 Å². The van der Waals surface area contributed by atoms with E-state index in [0.29, 0.717) is 23.1 Å². The van der Waals surface area contributed by atoms with Gasteiger partial charge in [0.1, 0.15) is 0 Å². The summed E-state index contributed by atoms with van der Waals surface area (Å²) in [5.74, 6) is 1.37. The van der Waals surface area contributed by atoms with Gasteiger partial charge in [0.2, 0.25) is 6.79 Å². The van der Waals surface area contributed by atoms with Gasteiger partial charge in [0.05, 0.1) is 11.1 Å². The fourth-order valence-electron chi connectivity index (χ4n) is 2.06. The molecule has 1 aliphatic rings. The first-order valence-corrected chi connectivity index (χ1v) is 7.57. The van der Waals surface area contributed by atoms with Crippen LogP contribution in [0.2, 0.25) is 5.02 Å². The molecule has 1 heterocycles. The third-order valence-corrected chi connectivity index (χ3v) is 4.43. The summed E-state index contributed by atoms with van der Waals surface area (Å²) in [5, 5.41) is 14.0. The Morgan fingerprint density at radius 3 is 2.81 bits per heavy atom. The van der Waals surface area contributed by atoms with Crippen molar-refractivity contribution < 1.29 is 14.6 Å². The molecule has 1 atom stereocenters. The van der Waals surface area contributed by atoms with E-state index in [2.05, 4.69) is 21.2 Å². The van der Waals surface area contributed by atoms with Crippen LogP contribution < -0.4 is 14.8 Å². The Labute approximate surface area is 135 Å². The first-order chi connectivity index (χ1) is 10.1. The van der Waals surface area contributed by atoms with Crippen molar-refractivity contribution in [1.82, 2.24) is 0 Å². The minimum atomic E-state index is -0.651. The zero-order chi connectivity index (χ0) is 14.8. The zero-order valence-corrected chi connectivity index (χ0v) is 13.3. The highest BCUT2D eigenvalue weighted by Gasteiger charge is 2.16.